The Labute approximate surface area is 197 Å². The molecule has 2 aliphatic heterocycles. The summed E-state index contributed by atoms with van der Waals surface area (Å²) in [5.41, 5.74) is 2.28. The summed E-state index contributed by atoms with van der Waals surface area (Å²) in [5, 5.41) is 3.80. The number of piperidine rings is 1. The Morgan fingerprint density at radius 1 is 1.18 bits per heavy atom. The minimum Gasteiger partial charge on any atom is -0.497 e. The van der Waals surface area contributed by atoms with Crippen LogP contribution in [-0.2, 0) is 22.6 Å². The lowest BCUT2D eigenvalue weighted by atomic mass is 9.27. The molecule has 4 nitrogen and oxygen atoms in total. The summed E-state index contributed by atoms with van der Waals surface area (Å²) in [6.07, 6.45) is 3.99. The SMILES string of the molecule is COc1ccc2c(c1)C13C4C5CCC1(C[C@@H]4CN5)C1N(C(=O)C(F)(F)c4ccccc4)CC13C2. The van der Waals surface area contributed by atoms with Crippen LogP contribution in [0.1, 0.15) is 36.0 Å². The Kier molecular flexibility index (Phi) is 3.40. The van der Waals surface area contributed by atoms with Gasteiger partial charge in [-0.05, 0) is 67.3 Å². The van der Waals surface area contributed by atoms with Gasteiger partial charge in [0, 0.05) is 40.4 Å². The van der Waals surface area contributed by atoms with E-state index in [1.54, 1.807) is 30.2 Å². The number of halogens is 2. The van der Waals surface area contributed by atoms with Gasteiger partial charge in [0.25, 0.3) is 5.91 Å². The first-order valence-corrected chi connectivity index (χ1v) is 12.6. The molecule has 6 aliphatic rings. The lowest BCUT2D eigenvalue weighted by Gasteiger charge is -2.83. The summed E-state index contributed by atoms with van der Waals surface area (Å²) in [6.45, 7) is 1.45. The highest BCUT2D eigenvalue weighted by atomic mass is 19.3. The number of fused-ring (bicyclic) bond motifs is 1. The van der Waals surface area contributed by atoms with Crippen molar-refractivity contribution in [3.63, 3.8) is 0 Å². The number of carbonyl (C=O) groups is 1. The van der Waals surface area contributed by atoms with Crippen LogP contribution in [0.25, 0.3) is 0 Å². The number of likely N-dealkylation sites (tertiary alicyclic amines) is 1. The third kappa shape index (κ3) is 1.77. The second-order valence-electron chi connectivity index (χ2n) is 11.6. The van der Waals surface area contributed by atoms with E-state index in [0.29, 0.717) is 24.4 Å². The maximum atomic E-state index is 15.4. The zero-order chi connectivity index (χ0) is 23.1. The molecule has 7 atom stereocenters. The fourth-order valence-corrected chi connectivity index (χ4v) is 10.4. The molecule has 2 aromatic carbocycles. The number of rotatable bonds is 3. The molecule has 34 heavy (non-hydrogen) atoms. The number of nitrogens with one attached hydrogen (secondary N) is 1. The van der Waals surface area contributed by atoms with Crippen molar-refractivity contribution < 1.29 is 18.3 Å². The van der Waals surface area contributed by atoms with Gasteiger partial charge in [-0.25, -0.2) is 0 Å². The molecule has 1 amide bonds. The highest BCUT2D eigenvalue weighted by Gasteiger charge is 2.94. The molecule has 6 heteroatoms. The van der Waals surface area contributed by atoms with Crippen molar-refractivity contribution in [1.29, 1.82) is 0 Å². The molecule has 8 rings (SSSR count). The van der Waals surface area contributed by atoms with Gasteiger partial charge in [-0.2, -0.15) is 8.78 Å². The van der Waals surface area contributed by atoms with Gasteiger partial charge in [0.1, 0.15) is 5.75 Å². The predicted octanol–water partition coefficient (Wildman–Crippen LogP) is 3.88. The number of benzene rings is 2. The fourth-order valence-electron chi connectivity index (χ4n) is 10.4. The van der Waals surface area contributed by atoms with E-state index in [4.69, 9.17) is 4.74 Å². The van der Waals surface area contributed by atoms with Crippen LogP contribution in [0.3, 0.4) is 0 Å². The Balaban J connectivity index is 1.27. The van der Waals surface area contributed by atoms with E-state index in [9.17, 15) is 4.79 Å². The van der Waals surface area contributed by atoms with Crippen LogP contribution < -0.4 is 10.1 Å². The number of hydrogen-bond acceptors (Lipinski definition) is 3. The van der Waals surface area contributed by atoms with Gasteiger partial charge >= 0.3 is 5.92 Å². The predicted molar refractivity (Wildman–Crippen MR) is 122 cm³/mol. The normalized spacial score (nSPS) is 42.1. The smallest absolute Gasteiger partial charge is 0.349 e. The molecule has 176 valence electrons. The van der Waals surface area contributed by atoms with Crippen LogP contribution in [0.5, 0.6) is 5.75 Å². The average molecular weight is 463 g/mol. The first kappa shape index (κ1) is 19.8. The summed E-state index contributed by atoms with van der Waals surface area (Å²) in [7, 11) is 1.71. The molecule has 2 saturated heterocycles. The third-order valence-corrected chi connectivity index (χ3v) is 10.9. The number of methoxy groups -OCH3 is 1. The van der Waals surface area contributed by atoms with E-state index in [0.717, 1.165) is 38.0 Å². The summed E-state index contributed by atoms with van der Waals surface area (Å²) >= 11 is 0. The van der Waals surface area contributed by atoms with Crippen LogP contribution in [0.4, 0.5) is 8.78 Å². The minimum absolute atomic E-state index is 0.0234. The Morgan fingerprint density at radius 3 is 2.79 bits per heavy atom. The standard InChI is InChI=1S/C28H28F2N2O2/c1-34-19-8-7-16-12-26-15-32(24(33)28(29,30)18-5-3-2-4-6-18)23(26)25-10-9-21-22(17(13-25)14-31-21)27(25,26)20(16)11-19/h2-8,11,17,21-23,31H,9-10,12-15H2,1H3/t17-,21?,22?,23?,25?,26?,27?/m1/s1. The maximum absolute atomic E-state index is 15.4. The highest BCUT2D eigenvalue weighted by Crippen LogP contribution is 2.89. The van der Waals surface area contributed by atoms with Gasteiger partial charge in [-0.3, -0.25) is 4.79 Å². The van der Waals surface area contributed by atoms with Crippen molar-refractivity contribution in [3.05, 3.63) is 65.2 Å². The van der Waals surface area contributed by atoms with E-state index in [1.165, 1.54) is 23.3 Å². The molecule has 2 heterocycles. The number of carbonyl (C=O) groups excluding carboxylic acids is 1. The van der Waals surface area contributed by atoms with Crippen LogP contribution >= 0.6 is 0 Å². The Hall–Kier alpha value is -2.47. The molecule has 2 spiro atoms. The quantitative estimate of drug-likeness (QED) is 0.753. The van der Waals surface area contributed by atoms with E-state index >= 15 is 8.78 Å². The Bertz CT molecular complexity index is 1250. The number of nitrogens with zero attached hydrogens (tertiary/aromatic N) is 1. The van der Waals surface area contributed by atoms with Gasteiger partial charge in [-0.15, -0.1) is 0 Å². The monoisotopic (exact) mass is 462 g/mol. The van der Waals surface area contributed by atoms with Gasteiger partial charge in [0.15, 0.2) is 0 Å². The first-order chi connectivity index (χ1) is 16.4. The largest absolute Gasteiger partial charge is 0.497 e. The van der Waals surface area contributed by atoms with Gasteiger partial charge in [-0.1, -0.05) is 36.4 Å². The lowest BCUT2D eigenvalue weighted by Crippen LogP contribution is -2.92. The van der Waals surface area contributed by atoms with Crippen molar-refractivity contribution in [2.75, 3.05) is 20.2 Å². The number of amides is 1. The van der Waals surface area contributed by atoms with E-state index < -0.39 is 11.8 Å². The number of hydrogen-bond donors (Lipinski definition) is 1. The van der Waals surface area contributed by atoms with Crippen molar-refractivity contribution in [2.24, 2.45) is 22.7 Å². The number of alkyl halides is 2. The second kappa shape index (κ2) is 5.84. The van der Waals surface area contributed by atoms with Crippen LogP contribution in [0.2, 0.25) is 0 Å². The topological polar surface area (TPSA) is 41.6 Å². The zero-order valence-corrected chi connectivity index (χ0v) is 19.2. The van der Waals surface area contributed by atoms with Crippen molar-refractivity contribution in [1.82, 2.24) is 10.2 Å². The second-order valence-corrected chi connectivity index (χ2v) is 11.6. The summed E-state index contributed by atoms with van der Waals surface area (Å²) in [4.78, 5) is 15.0. The van der Waals surface area contributed by atoms with Crippen LogP contribution in [0, 0.1) is 22.7 Å². The van der Waals surface area contributed by atoms with Crippen LogP contribution in [0.15, 0.2) is 48.5 Å². The highest BCUT2D eigenvalue weighted by molar-refractivity contribution is 5.87. The fraction of sp³-hybridized carbons (Fsp3) is 0.536. The van der Waals surface area contributed by atoms with Gasteiger partial charge < -0.3 is 15.0 Å². The molecule has 0 aromatic heterocycles. The van der Waals surface area contributed by atoms with Gasteiger partial charge in [0.05, 0.1) is 7.11 Å². The van der Waals surface area contributed by atoms with Crippen molar-refractivity contribution in [2.45, 2.75) is 49.1 Å². The molecule has 2 bridgehead atoms. The van der Waals surface area contributed by atoms with E-state index in [1.807, 2.05) is 6.07 Å². The first-order valence-electron chi connectivity index (χ1n) is 12.6. The summed E-state index contributed by atoms with van der Waals surface area (Å²) in [6, 6.07) is 14.4. The molecule has 2 aromatic rings. The average Bonchev–Trinajstić information content (AvgIpc) is 3.39. The summed E-state index contributed by atoms with van der Waals surface area (Å²) < 4.78 is 36.5. The molecule has 0 radical (unpaired) electrons. The zero-order valence-electron chi connectivity index (χ0n) is 19.2. The van der Waals surface area contributed by atoms with E-state index in [2.05, 4.69) is 17.4 Å². The molecular weight excluding hydrogens is 434 g/mol. The molecule has 4 aliphatic carbocycles. The third-order valence-electron chi connectivity index (χ3n) is 10.9. The molecular formula is C28H28F2N2O2. The maximum Gasteiger partial charge on any atom is 0.349 e. The van der Waals surface area contributed by atoms with Gasteiger partial charge in [0.2, 0.25) is 0 Å². The van der Waals surface area contributed by atoms with Crippen molar-refractivity contribution in [3.8, 4) is 5.75 Å². The molecule has 3 saturated carbocycles. The molecule has 1 N–H and O–H groups in total. The summed E-state index contributed by atoms with van der Waals surface area (Å²) in [5.74, 6) is -2.56. The number of ether oxygens (including phenoxy) is 1. The van der Waals surface area contributed by atoms with Crippen molar-refractivity contribution >= 4 is 5.91 Å². The minimum atomic E-state index is -3.50. The Morgan fingerprint density at radius 2 is 2.00 bits per heavy atom. The molecule has 5 fully saturated rings. The lowest BCUT2D eigenvalue weighted by molar-refractivity contribution is -0.316. The van der Waals surface area contributed by atoms with Crippen LogP contribution in [-0.4, -0.2) is 43.1 Å². The molecule has 6 unspecified atom stereocenters. The van der Waals surface area contributed by atoms with E-state index in [-0.39, 0.29) is 27.9 Å².